The molecule has 3 heteroatoms. The summed E-state index contributed by atoms with van der Waals surface area (Å²) >= 11 is 5.79. The van der Waals surface area contributed by atoms with Gasteiger partial charge >= 0.3 is 0 Å². The molecule has 1 N–H and O–H groups in total. The van der Waals surface area contributed by atoms with E-state index in [-0.39, 0.29) is 11.8 Å². The number of anilines is 1. The van der Waals surface area contributed by atoms with Crippen molar-refractivity contribution in [2.24, 2.45) is 5.92 Å². The van der Waals surface area contributed by atoms with Gasteiger partial charge < -0.3 is 5.32 Å². The summed E-state index contributed by atoms with van der Waals surface area (Å²) in [4.78, 5) is 12.0. The van der Waals surface area contributed by atoms with Gasteiger partial charge in [0, 0.05) is 16.6 Å². The van der Waals surface area contributed by atoms with E-state index in [2.05, 4.69) is 19.2 Å². The van der Waals surface area contributed by atoms with Crippen molar-refractivity contribution in [1.82, 2.24) is 0 Å². The van der Waals surface area contributed by atoms with Gasteiger partial charge in [0.1, 0.15) is 0 Å². The van der Waals surface area contributed by atoms with Gasteiger partial charge in [-0.15, -0.1) is 0 Å². The predicted octanol–water partition coefficient (Wildman–Crippen LogP) is 4.49. The van der Waals surface area contributed by atoms with Crippen LogP contribution in [0.15, 0.2) is 24.3 Å². The summed E-state index contributed by atoms with van der Waals surface area (Å²) in [5, 5.41) is 3.61. The highest BCUT2D eigenvalue weighted by Gasteiger charge is 2.15. The number of nitrogens with one attached hydrogen (secondary N) is 1. The van der Waals surface area contributed by atoms with Gasteiger partial charge in [0.15, 0.2) is 0 Å². The van der Waals surface area contributed by atoms with Crippen LogP contribution in [0.25, 0.3) is 0 Å². The van der Waals surface area contributed by atoms with E-state index in [0.29, 0.717) is 5.02 Å². The van der Waals surface area contributed by atoms with Crippen molar-refractivity contribution in [3.8, 4) is 0 Å². The van der Waals surface area contributed by atoms with E-state index in [9.17, 15) is 4.79 Å². The lowest BCUT2D eigenvalue weighted by molar-refractivity contribution is -0.120. The molecule has 0 saturated heterocycles. The Balaban J connectivity index is 2.54. The number of unbranched alkanes of at least 4 members (excludes halogenated alkanes) is 1. The molecule has 0 fully saturated rings. The zero-order chi connectivity index (χ0) is 12.7. The Morgan fingerprint density at radius 2 is 1.94 bits per heavy atom. The minimum atomic E-state index is 0.114. The Hall–Kier alpha value is -1.02. The Morgan fingerprint density at radius 3 is 2.47 bits per heavy atom. The zero-order valence-electron chi connectivity index (χ0n) is 10.5. The van der Waals surface area contributed by atoms with Crippen molar-refractivity contribution >= 4 is 23.2 Å². The van der Waals surface area contributed by atoms with Crippen LogP contribution in [0.1, 0.15) is 39.5 Å². The molecule has 0 saturated carbocycles. The third-order valence-electron chi connectivity index (χ3n) is 2.88. The molecule has 17 heavy (non-hydrogen) atoms. The average molecular weight is 254 g/mol. The summed E-state index contributed by atoms with van der Waals surface area (Å²) in [7, 11) is 0. The minimum Gasteiger partial charge on any atom is -0.326 e. The molecule has 0 aliphatic heterocycles. The third-order valence-corrected chi connectivity index (χ3v) is 3.13. The van der Waals surface area contributed by atoms with Crippen LogP contribution in [0.4, 0.5) is 5.69 Å². The van der Waals surface area contributed by atoms with E-state index < -0.39 is 0 Å². The first-order valence-electron chi connectivity index (χ1n) is 6.23. The largest absolute Gasteiger partial charge is 0.326 e. The highest BCUT2D eigenvalue weighted by atomic mass is 35.5. The minimum absolute atomic E-state index is 0.114. The number of hydrogen-bond acceptors (Lipinski definition) is 1. The first kappa shape index (κ1) is 14.0. The van der Waals surface area contributed by atoms with E-state index in [1.54, 1.807) is 12.1 Å². The van der Waals surface area contributed by atoms with E-state index in [1.165, 1.54) is 0 Å². The summed E-state index contributed by atoms with van der Waals surface area (Å²) in [6.45, 7) is 4.20. The van der Waals surface area contributed by atoms with Crippen LogP contribution in [-0.2, 0) is 4.79 Å². The van der Waals surface area contributed by atoms with Crippen LogP contribution in [0, 0.1) is 5.92 Å². The third kappa shape index (κ3) is 4.78. The Bertz CT molecular complexity index is 348. The molecular formula is C14H20ClNO. The van der Waals surface area contributed by atoms with Crippen LogP contribution >= 0.6 is 11.6 Å². The Kier molecular flexibility index (Phi) is 6.06. The fourth-order valence-corrected chi connectivity index (χ4v) is 1.87. The number of amides is 1. The van der Waals surface area contributed by atoms with E-state index >= 15 is 0 Å². The normalized spacial score (nSPS) is 12.2. The molecule has 0 spiro atoms. The van der Waals surface area contributed by atoms with Crippen molar-refractivity contribution in [2.75, 3.05) is 5.32 Å². The number of rotatable bonds is 6. The lowest BCUT2D eigenvalue weighted by atomic mass is 9.98. The monoisotopic (exact) mass is 253 g/mol. The number of carbonyl (C=O) groups is 1. The maximum absolute atomic E-state index is 12.0. The highest BCUT2D eigenvalue weighted by molar-refractivity contribution is 6.30. The molecule has 0 aromatic heterocycles. The quantitative estimate of drug-likeness (QED) is 0.795. The number of hydrogen-bond donors (Lipinski definition) is 1. The van der Waals surface area contributed by atoms with Crippen molar-refractivity contribution < 1.29 is 4.79 Å². The molecule has 0 aliphatic carbocycles. The van der Waals surface area contributed by atoms with Gasteiger partial charge in [0.2, 0.25) is 5.91 Å². The first-order chi connectivity index (χ1) is 8.17. The summed E-state index contributed by atoms with van der Waals surface area (Å²) in [6.07, 6.45) is 4.09. The molecule has 0 heterocycles. The molecular weight excluding hydrogens is 234 g/mol. The van der Waals surface area contributed by atoms with Crippen LogP contribution in [-0.4, -0.2) is 5.91 Å². The number of halogens is 1. The van der Waals surface area contributed by atoms with Gasteiger partial charge in [-0.3, -0.25) is 4.79 Å². The van der Waals surface area contributed by atoms with Crippen molar-refractivity contribution in [1.29, 1.82) is 0 Å². The molecule has 94 valence electrons. The summed E-state index contributed by atoms with van der Waals surface area (Å²) in [5.74, 6) is 0.230. The molecule has 1 aromatic carbocycles. The van der Waals surface area contributed by atoms with Gasteiger partial charge in [0.25, 0.3) is 0 Å². The van der Waals surface area contributed by atoms with Gasteiger partial charge in [-0.05, 0) is 37.1 Å². The van der Waals surface area contributed by atoms with Gasteiger partial charge in [-0.2, -0.15) is 0 Å². The van der Waals surface area contributed by atoms with Crippen molar-refractivity contribution in [3.63, 3.8) is 0 Å². The second kappa shape index (κ2) is 7.33. The van der Waals surface area contributed by atoms with E-state index in [0.717, 1.165) is 31.4 Å². The van der Waals surface area contributed by atoms with Crippen LogP contribution in [0.5, 0.6) is 0 Å². The molecule has 0 unspecified atom stereocenters. The molecule has 0 bridgehead atoms. The lowest BCUT2D eigenvalue weighted by Crippen LogP contribution is -2.22. The number of carbonyl (C=O) groups excluding carboxylic acids is 1. The van der Waals surface area contributed by atoms with Gasteiger partial charge in [0.05, 0.1) is 0 Å². The van der Waals surface area contributed by atoms with Gasteiger partial charge in [-0.25, -0.2) is 0 Å². The highest BCUT2D eigenvalue weighted by Crippen LogP contribution is 2.17. The molecule has 0 radical (unpaired) electrons. The fourth-order valence-electron chi connectivity index (χ4n) is 1.75. The van der Waals surface area contributed by atoms with Crippen molar-refractivity contribution in [2.45, 2.75) is 39.5 Å². The van der Waals surface area contributed by atoms with E-state index in [4.69, 9.17) is 11.6 Å². The zero-order valence-corrected chi connectivity index (χ0v) is 11.3. The predicted molar refractivity (Wildman–Crippen MR) is 73.4 cm³/mol. The second-order valence-electron chi connectivity index (χ2n) is 4.24. The average Bonchev–Trinajstić information content (AvgIpc) is 2.33. The summed E-state index contributed by atoms with van der Waals surface area (Å²) in [6, 6.07) is 7.22. The fraction of sp³-hybridized carbons (Fsp3) is 0.500. The van der Waals surface area contributed by atoms with Gasteiger partial charge in [-0.1, -0.05) is 38.3 Å². The molecule has 1 amide bonds. The standard InChI is InChI=1S/C14H20ClNO/c1-3-5-6-11(4-2)14(17)16-13-9-7-12(15)8-10-13/h7-11H,3-6H2,1-2H3,(H,16,17)/t11-/m0/s1. The molecule has 1 aromatic rings. The SMILES string of the molecule is CCCC[C@H](CC)C(=O)Nc1ccc(Cl)cc1. The topological polar surface area (TPSA) is 29.1 Å². The maximum Gasteiger partial charge on any atom is 0.227 e. The molecule has 0 aliphatic rings. The van der Waals surface area contributed by atoms with E-state index in [1.807, 2.05) is 12.1 Å². The van der Waals surface area contributed by atoms with Crippen LogP contribution < -0.4 is 5.32 Å². The first-order valence-corrected chi connectivity index (χ1v) is 6.61. The van der Waals surface area contributed by atoms with Crippen molar-refractivity contribution in [3.05, 3.63) is 29.3 Å². The van der Waals surface area contributed by atoms with Crippen LogP contribution in [0.3, 0.4) is 0 Å². The Morgan fingerprint density at radius 1 is 1.29 bits per heavy atom. The van der Waals surface area contributed by atoms with Crippen LogP contribution in [0.2, 0.25) is 5.02 Å². The molecule has 1 rings (SSSR count). The summed E-state index contributed by atoms with van der Waals surface area (Å²) in [5.41, 5.74) is 0.814. The Labute approximate surface area is 108 Å². The number of benzene rings is 1. The lowest BCUT2D eigenvalue weighted by Gasteiger charge is -2.14. The maximum atomic E-state index is 12.0. The molecule has 2 nitrogen and oxygen atoms in total. The second-order valence-corrected chi connectivity index (χ2v) is 4.68. The smallest absolute Gasteiger partial charge is 0.227 e. The molecule has 1 atom stereocenters. The summed E-state index contributed by atoms with van der Waals surface area (Å²) < 4.78 is 0.